The van der Waals surface area contributed by atoms with Crippen LogP contribution in [-0.4, -0.2) is 18.3 Å². The zero-order chi connectivity index (χ0) is 13.8. The lowest BCUT2D eigenvalue weighted by Crippen LogP contribution is -2.19. The summed E-state index contributed by atoms with van der Waals surface area (Å²) in [4.78, 5) is 16.9. The van der Waals surface area contributed by atoms with Gasteiger partial charge in [0.25, 0.3) is 0 Å². The summed E-state index contributed by atoms with van der Waals surface area (Å²) < 4.78 is 12.8. The molecule has 1 aromatic carbocycles. The fourth-order valence-corrected chi connectivity index (χ4v) is 1.99. The van der Waals surface area contributed by atoms with E-state index in [0.29, 0.717) is 12.1 Å². The van der Waals surface area contributed by atoms with E-state index >= 15 is 0 Å². The van der Waals surface area contributed by atoms with E-state index < -0.39 is 0 Å². The minimum absolute atomic E-state index is 0.240. The predicted molar refractivity (Wildman–Crippen MR) is 72.9 cm³/mol. The van der Waals surface area contributed by atoms with Crippen LogP contribution in [0.2, 0.25) is 0 Å². The van der Waals surface area contributed by atoms with Crippen LogP contribution in [0.15, 0.2) is 36.5 Å². The van der Waals surface area contributed by atoms with Gasteiger partial charge in [-0.05, 0) is 36.2 Å². The summed E-state index contributed by atoms with van der Waals surface area (Å²) in [5.74, 6) is 0.575. The van der Waals surface area contributed by atoms with Gasteiger partial charge in [0.05, 0.1) is 0 Å². The fraction of sp³-hybridized carbons (Fsp3) is 0.200. The zero-order valence-corrected chi connectivity index (χ0v) is 10.9. The number of pyridine rings is 1. The van der Waals surface area contributed by atoms with Crippen molar-refractivity contribution in [3.05, 3.63) is 59.0 Å². The number of anilines is 1. The topological polar surface area (TPSA) is 33.2 Å². The number of aromatic nitrogens is 1. The van der Waals surface area contributed by atoms with E-state index in [1.165, 1.54) is 12.1 Å². The molecule has 2 aromatic rings. The first-order valence-corrected chi connectivity index (χ1v) is 5.97. The lowest BCUT2D eigenvalue weighted by Gasteiger charge is -2.20. The van der Waals surface area contributed by atoms with Crippen molar-refractivity contribution in [3.63, 3.8) is 0 Å². The molecule has 19 heavy (non-hydrogen) atoms. The van der Waals surface area contributed by atoms with Gasteiger partial charge in [0.1, 0.15) is 11.6 Å². The third-order valence-corrected chi connectivity index (χ3v) is 2.90. The second-order valence-electron chi connectivity index (χ2n) is 4.51. The average molecular weight is 258 g/mol. The molecular formula is C15H15FN2O. The summed E-state index contributed by atoms with van der Waals surface area (Å²) in [6.45, 7) is 2.55. The average Bonchev–Trinajstić information content (AvgIpc) is 2.41. The molecule has 3 nitrogen and oxygen atoms in total. The van der Waals surface area contributed by atoms with Crippen molar-refractivity contribution in [2.75, 3.05) is 11.9 Å². The van der Waals surface area contributed by atoms with Crippen LogP contribution in [-0.2, 0) is 6.54 Å². The van der Waals surface area contributed by atoms with Gasteiger partial charge in [-0.15, -0.1) is 0 Å². The molecule has 0 aliphatic rings. The van der Waals surface area contributed by atoms with E-state index in [-0.39, 0.29) is 5.82 Å². The fourth-order valence-electron chi connectivity index (χ4n) is 1.99. The van der Waals surface area contributed by atoms with Crippen molar-refractivity contribution in [2.24, 2.45) is 0 Å². The van der Waals surface area contributed by atoms with Gasteiger partial charge in [-0.25, -0.2) is 9.37 Å². The Kier molecular flexibility index (Phi) is 3.90. The summed E-state index contributed by atoms with van der Waals surface area (Å²) in [5.41, 5.74) is 2.51. The van der Waals surface area contributed by atoms with Gasteiger partial charge in [-0.3, -0.25) is 4.79 Å². The van der Waals surface area contributed by atoms with Crippen molar-refractivity contribution < 1.29 is 9.18 Å². The second kappa shape index (κ2) is 5.61. The summed E-state index contributed by atoms with van der Waals surface area (Å²) in [7, 11) is 1.92. The molecule has 1 heterocycles. The Hall–Kier alpha value is -2.23. The molecule has 4 heteroatoms. The zero-order valence-electron chi connectivity index (χ0n) is 10.9. The molecule has 0 spiro atoms. The maximum absolute atomic E-state index is 12.8. The number of halogens is 1. The van der Waals surface area contributed by atoms with Crippen LogP contribution in [0.25, 0.3) is 0 Å². The Bertz CT molecular complexity index is 581. The van der Waals surface area contributed by atoms with Crippen molar-refractivity contribution in [1.29, 1.82) is 0 Å². The molecule has 0 bridgehead atoms. The second-order valence-corrected chi connectivity index (χ2v) is 4.51. The molecule has 0 aliphatic heterocycles. The van der Waals surface area contributed by atoms with E-state index in [0.717, 1.165) is 23.2 Å². The van der Waals surface area contributed by atoms with Crippen LogP contribution in [0, 0.1) is 12.7 Å². The van der Waals surface area contributed by atoms with E-state index in [1.807, 2.05) is 18.9 Å². The van der Waals surface area contributed by atoms with Crippen LogP contribution in [0.1, 0.15) is 21.5 Å². The Morgan fingerprint density at radius 2 is 2.00 bits per heavy atom. The predicted octanol–water partition coefficient (Wildman–Crippen LogP) is 2.98. The highest BCUT2D eigenvalue weighted by atomic mass is 19.1. The minimum atomic E-state index is -0.240. The first-order valence-electron chi connectivity index (χ1n) is 5.97. The molecule has 0 radical (unpaired) electrons. The van der Waals surface area contributed by atoms with Crippen LogP contribution in [0.4, 0.5) is 10.2 Å². The van der Waals surface area contributed by atoms with Crippen LogP contribution in [0.3, 0.4) is 0 Å². The van der Waals surface area contributed by atoms with Crippen LogP contribution < -0.4 is 4.90 Å². The number of hydrogen-bond donors (Lipinski definition) is 0. The van der Waals surface area contributed by atoms with Gasteiger partial charge < -0.3 is 4.90 Å². The monoisotopic (exact) mass is 258 g/mol. The normalized spacial score (nSPS) is 10.3. The highest BCUT2D eigenvalue weighted by Gasteiger charge is 2.08. The van der Waals surface area contributed by atoms with Gasteiger partial charge in [0.2, 0.25) is 0 Å². The van der Waals surface area contributed by atoms with E-state index in [2.05, 4.69) is 4.98 Å². The Balaban J connectivity index is 2.17. The Morgan fingerprint density at radius 1 is 1.32 bits per heavy atom. The largest absolute Gasteiger partial charge is 0.355 e. The standard InChI is InChI=1S/C15H15FN2O/c1-11-7-13(10-19)8-17-15(11)18(2)9-12-3-5-14(16)6-4-12/h3-8,10H,9H2,1-2H3. The highest BCUT2D eigenvalue weighted by molar-refractivity contribution is 5.75. The number of rotatable bonds is 4. The number of carbonyl (C=O) groups excluding carboxylic acids is 1. The Labute approximate surface area is 111 Å². The molecule has 0 aliphatic carbocycles. The number of hydrogen-bond acceptors (Lipinski definition) is 3. The first kappa shape index (κ1) is 13.2. The molecular weight excluding hydrogens is 243 g/mol. The molecule has 98 valence electrons. The van der Waals surface area contributed by atoms with Crippen molar-refractivity contribution in [3.8, 4) is 0 Å². The number of aryl methyl sites for hydroxylation is 1. The van der Waals surface area contributed by atoms with Crippen molar-refractivity contribution in [1.82, 2.24) is 4.98 Å². The molecule has 0 unspecified atom stereocenters. The molecule has 0 saturated heterocycles. The SMILES string of the molecule is Cc1cc(C=O)cnc1N(C)Cc1ccc(F)cc1. The molecule has 2 rings (SSSR count). The van der Waals surface area contributed by atoms with Crippen molar-refractivity contribution >= 4 is 12.1 Å². The van der Waals surface area contributed by atoms with Crippen LogP contribution in [0.5, 0.6) is 0 Å². The molecule has 0 fully saturated rings. The summed E-state index contributed by atoms with van der Waals surface area (Å²) in [6.07, 6.45) is 2.33. The Morgan fingerprint density at radius 3 is 2.58 bits per heavy atom. The lowest BCUT2D eigenvalue weighted by atomic mass is 10.2. The minimum Gasteiger partial charge on any atom is -0.355 e. The molecule has 1 aromatic heterocycles. The quantitative estimate of drug-likeness (QED) is 0.790. The van der Waals surface area contributed by atoms with Crippen molar-refractivity contribution in [2.45, 2.75) is 13.5 Å². The highest BCUT2D eigenvalue weighted by Crippen LogP contribution is 2.18. The van der Waals surface area contributed by atoms with Gasteiger partial charge >= 0.3 is 0 Å². The third-order valence-electron chi connectivity index (χ3n) is 2.90. The van der Waals surface area contributed by atoms with Gasteiger partial charge in [-0.2, -0.15) is 0 Å². The van der Waals surface area contributed by atoms with Gasteiger partial charge in [-0.1, -0.05) is 12.1 Å². The first-order chi connectivity index (χ1) is 9.10. The van der Waals surface area contributed by atoms with Gasteiger partial charge in [0.15, 0.2) is 6.29 Å². The number of aldehydes is 1. The summed E-state index contributed by atoms with van der Waals surface area (Å²) in [6, 6.07) is 8.19. The smallest absolute Gasteiger partial charge is 0.151 e. The molecule has 0 N–H and O–H groups in total. The summed E-state index contributed by atoms with van der Waals surface area (Å²) in [5, 5.41) is 0. The molecule has 0 atom stereocenters. The van der Waals surface area contributed by atoms with Crippen LogP contribution >= 0.6 is 0 Å². The van der Waals surface area contributed by atoms with E-state index in [1.54, 1.807) is 24.4 Å². The number of carbonyl (C=O) groups is 1. The summed E-state index contributed by atoms with van der Waals surface area (Å²) >= 11 is 0. The number of benzene rings is 1. The lowest BCUT2D eigenvalue weighted by molar-refractivity contribution is 0.112. The van der Waals surface area contributed by atoms with Gasteiger partial charge in [0, 0.05) is 25.4 Å². The van der Waals surface area contributed by atoms with E-state index in [9.17, 15) is 9.18 Å². The molecule has 0 saturated carbocycles. The van der Waals surface area contributed by atoms with E-state index in [4.69, 9.17) is 0 Å². The maximum atomic E-state index is 12.8. The molecule has 0 amide bonds. The maximum Gasteiger partial charge on any atom is 0.151 e. The third kappa shape index (κ3) is 3.16. The number of nitrogens with zero attached hydrogens (tertiary/aromatic N) is 2.